The average molecular weight is 234 g/mol. The van der Waals surface area contributed by atoms with Crippen LogP contribution in [0.2, 0.25) is 0 Å². The van der Waals surface area contributed by atoms with Crippen molar-refractivity contribution in [1.29, 1.82) is 0 Å². The summed E-state index contributed by atoms with van der Waals surface area (Å²) in [5.74, 6) is -0.113. The van der Waals surface area contributed by atoms with Crippen molar-refractivity contribution in [2.75, 3.05) is 6.26 Å². The average Bonchev–Trinajstić information content (AvgIpc) is 2.01. The van der Waals surface area contributed by atoms with Gasteiger partial charge in [0.05, 0.1) is 10.6 Å². The van der Waals surface area contributed by atoms with Crippen LogP contribution in [0.4, 0.5) is 0 Å². The Bertz CT molecular complexity index is 450. The Hall–Kier alpha value is -0.720. The van der Waals surface area contributed by atoms with Crippen LogP contribution in [-0.4, -0.2) is 23.4 Å². The van der Waals surface area contributed by atoms with E-state index in [1.807, 2.05) is 0 Å². The van der Waals surface area contributed by atoms with Gasteiger partial charge in [-0.1, -0.05) is 12.1 Å². The van der Waals surface area contributed by atoms with Gasteiger partial charge in [0.15, 0.2) is 20.9 Å². The summed E-state index contributed by atoms with van der Waals surface area (Å²) in [6.45, 7) is 0. The molecule has 0 amide bonds. The number of hydrogen-bond acceptors (Lipinski definition) is 3. The second-order valence-corrected chi connectivity index (χ2v) is 6.08. The van der Waals surface area contributed by atoms with Crippen LogP contribution in [0.1, 0.15) is 5.56 Å². The molecule has 0 fully saturated rings. The maximum absolute atomic E-state index is 10.9. The van der Waals surface area contributed by atoms with E-state index < -0.39 is 20.9 Å². The highest BCUT2D eigenvalue weighted by atomic mass is 32.2. The van der Waals surface area contributed by atoms with Crippen molar-refractivity contribution >= 4 is 20.9 Å². The summed E-state index contributed by atoms with van der Waals surface area (Å²) in [5, 5.41) is 0. The van der Waals surface area contributed by atoms with Gasteiger partial charge < -0.3 is 4.55 Å². The van der Waals surface area contributed by atoms with Crippen molar-refractivity contribution in [3.8, 4) is 0 Å². The van der Waals surface area contributed by atoms with Gasteiger partial charge in [-0.15, -0.1) is 0 Å². The number of rotatable bonds is 3. The Morgan fingerprint density at radius 2 is 2.07 bits per heavy atom. The second kappa shape index (κ2) is 4.20. The van der Waals surface area contributed by atoms with Gasteiger partial charge in [0.25, 0.3) is 0 Å². The quantitative estimate of drug-likeness (QED) is 0.786. The lowest BCUT2D eigenvalue weighted by atomic mass is 10.2. The maximum atomic E-state index is 10.9. The Balaban J connectivity index is 3.01. The van der Waals surface area contributed by atoms with Gasteiger partial charge in [-0.2, -0.15) is 0 Å². The Labute approximate surface area is 85.2 Å². The summed E-state index contributed by atoms with van der Waals surface area (Å²) in [6, 6.07) is 6.06. The van der Waals surface area contributed by atoms with Crippen LogP contribution < -0.4 is 0 Å². The number of sulfone groups is 1. The van der Waals surface area contributed by atoms with E-state index >= 15 is 0 Å². The topological polar surface area (TPSA) is 71.4 Å². The van der Waals surface area contributed by atoms with Crippen LogP contribution in [0, 0.1) is 0 Å². The van der Waals surface area contributed by atoms with Crippen LogP contribution in [0.5, 0.6) is 0 Å². The molecule has 1 N–H and O–H groups in total. The second-order valence-electron chi connectivity index (χ2n) is 2.97. The van der Waals surface area contributed by atoms with E-state index in [4.69, 9.17) is 4.55 Å². The van der Waals surface area contributed by atoms with Gasteiger partial charge in [0, 0.05) is 6.26 Å². The van der Waals surface area contributed by atoms with Crippen molar-refractivity contribution in [2.24, 2.45) is 0 Å². The molecule has 1 atom stereocenters. The third-order valence-corrected chi connectivity index (χ3v) is 3.04. The highest BCUT2D eigenvalue weighted by Gasteiger charge is 2.06. The van der Waals surface area contributed by atoms with E-state index in [1.54, 1.807) is 12.1 Å². The van der Waals surface area contributed by atoms with Gasteiger partial charge in [0.2, 0.25) is 0 Å². The standard InChI is InChI=1S/C8H10O4S2/c1-14(11,12)6-7-3-2-4-8(5-7)13(9)10/h2-5H,6H2,1H3,(H,9,10). The molecule has 1 unspecified atom stereocenters. The smallest absolute Gasteiger partial charge is 0.186 e. The highest BCUT2D eigenvalue weighted by molar-refractivity contribution is 7.89. The van der Waals surface area contributed by atoms with Crippen molar-refractivity contribution in [1.82, 2.24) is 0 Å². The molecule has 0 saturated carbocycles. The molecule has 14 heavy (non-hydrogen) atoms. The summed E-state index contributed by atoms with van der Waals surface area (Å²) >= 11 is -2.06. The van der Waals surface area contributed by atoms with Gasteiger partial charge in [-0.05, 0) is 17.7 Å². The van der Waals surface area contributed by atoms with E-state index in [-0.39, 0.29) is 10.6 Å². The molecule has 0 saturated heterocycles. The maximum Gasteiger partial charge on any atom is 0.186 e. The first-order valence-electron chi connectivity index (χ1n) is 3.76. The van der Waals surface area contributed by atoms with Crippen LogP contribution in [0.15, 0.2) is 29.2 Å². The monoisotopic (exact) mass is 234 g/mol. The van der Waals surface area contributed by atoms with Gasteiger partial charge in [-0.25, -0.2) is 12.6 Å². The van der Waals surface area contributed by atoms with Crippen molar-refractivity contribution in [3.63, 3.8) is 0 Å². The predicted octanol–water partition coefficient (Wildman–Crippen LogP) is 0.812. The van der Waals surface area contributed by atoms with Crippen molar-refractivity contribution in [3.05, 3.63) is 29.8 Å². The van der Waals surface area contributed by atoms with Crippen LogP contribution in [-0.2, 0) is 26.7 Å². The Kier molecular flexibility index (Phi) is 3.41. The molecule has 1 aromatic rings. The zero-order chi connectivity index (χ0) is 10.8. The van der Waals surface area contributed by atoms with Gasteiger partial charge in [-0.3, -0.25) is 0 Å². The molecule has 0 bridgehead atoms. The molecular formula is C8H10O4S2. The lowest BCUT2D eigenvalue weighted by Gasteiger charge is -2.00. The summed E-state index contributed by atoms with van der Waals surface area (Å²) in [6.07, 6.45) is 1.12. The predicted molar refractivity (Wildman–Crippen MR) is 54.0 cm³/mol. The fraction of sp³-hybridized carbons (Fsp3) is 0.250. The summed E-state index contributed by atoms with van der Waals surface area (Å²) in [4.78, 5) is 0.214. The van der Waals surface area contributed by atoms with E-state index in [2.05, 4.69) is 0 Å². The van der Waals surface area contributed by atoms with E-state index in [0.717, 1.165) is 6.26 Å². The third kappa shape index (κ3) is 3.57. The Morgan fingerprint density at radius 1 is 1.43 bits per heavy atom. The molecular weight excluding hydrogens is 224 g/mol. The first-order chi connectivity index (χ1) is 6.38. The highest BCUT2D eigenvalue weighted by Crippen LogP contribution is 2.10. The summed E-state index contributed by atoms with van der Waals surface area (Å²) in [7, 11) is -3.10. The zero-order valence-electron chi connectivity index (χ0n) is 7.50. The molecule has 0 spiro atoms. The van der Waals surface area contributed by atoms with Crippen molar-refractivity contribution < 1.29 is 17.2 Å². The molecule has 4 nitrogen and oxygen atoms in total. The minimum Gasteiger partial charge on any atom is -0.302 e. The molecule has 0 aliphatic rings. The SMILES string of the molecule is CS(=O)(=O)Cc1cccc(S(=O)O)c1. The van der Waals surface area contributed by atoms with Crippen LogP contribution >= 0.6 is 0 Å². The Morgan fingerprint density at radius 3 is 2.57 bits per heavy atom. The van der Waals surface area contributed by atoms with E-state index in [9.17, 15) is 12.6 Å². The summed E-state index contributed by atoms with van der Waals surface area (Å²) < 4.78 is 41.3. The fourth-order valence-corrected chi connectivity index (χ4v) is 2.28. The largest absolute Gasteiger partial charge is 0.302 e. The van der Waals surface area contributed by atoms with Gasteiger partial charge in [0.1, 0.15) is 0 Å². The first-order valence-corrected chi connectivity index (χ1v) is 6.93. The third-order valence-electron chi connectivity index (χ3n) is 1.53. The minimum atomic E-state index is -3.10. The van der Waals surface area contributed by atoms with Crippen LogP contribution in [0.25, 0.3) is 0 Å². The molecule has 0 aromatic heterocycles. The minimum absolute atomic E-state index is 0.113. The van der Waals surface area contributed by atoms with Crippen molar-refractivity contribution in [2.45, 2.75) is 10.6 Å². The molecule has 1 aromatic carbocycles. The van der Waals surface area contributed by atoms with E-state index in [0.29, 0.717) is 5.56 Å². The number of benzene rings is 1. The normalized spacial score (nSPS) is 13.9. The van der Waals surface area contributed by atoms with Crippen LogP contribution in [0.3, 0.4) is 0 Å². The number of hydrogen-bond donors (Lipinski definition) is 1. The fourth-order valence-electron chi connectivity index (χ4n) is 1.05. The lowest BCUT2D eigenvalue weighted by molar-refractivity contribution is 0.564. The molecule has 0 aliphatic heterocycles. The molecule has 78 valence electrons. The first kappa shape index (κ1) is 11.4. The molecule has 0 aliphatic carbocycles. The molecule has 0 radical (unpaired) electrons. The molecule has 0 heterocycles. The molecule has 1 rings (SSSR count). The lowest BCUT2D eigenvalue weighted by Crippen LogP contribution is -2.01. The van der Waals surface area contributed by atoms with E-state index in [1.165, 1.54) is 12.1 Å². The van der Waals surface area contributed by atoms with Gasteiger partial charge >= 0.3 is 0 Å². The summed E-state index contributed by atoms with van der Waals surface area (Å²) in [5.41, 5.74) is 0.521. The molecule has 6 heteroatoms. The zero-order valence-corrected chi connectivity index (χ0v) is 9.14.